The van der Waals surface area contributed by atoms with Crippen LogP contribution in [0.15, 0.2) is 0 Å². The highest BCUT2D eigenvalue weighted by atomic mass is 79.9. The standard InChI is InChI=1S/C10H21BrO2Si/c1-7-8(11)9(12)13-14(5,6)10(2,3)4/h8H,7H2,1-6H3. The van der Waals surface area contributed by atoms with E-state index < -0.39 is 8.32 Å². The molecule has 0 aliphatic carbocycles. The number of halogens is 1. The minimum Gasteiger partial charge on any atom is -0.518 e. The third-order valence-corrected chi connectivity index (χ3v) is 8.12. The molecule has 0 aromatic heterocycles. The summed E-state index contributed by atoms with van der Waals surface area (Å²) >= 11 is 3.31. The zero-order chi connectivity index (χ0) is 11.6. The monoisotopic (exact) mass is 280 g/mol. The van der Waals surface area contributed by atoms with Crippen LogP contribution in [0.1, 0.15) is 34.1 Å². The second kappa shape index (κ2) is 4.79. The summed E-state index contributed by atoms with van der Waals surface area (Å²) in [5.74, 6) is -0.112. The minimum atomic E-state index is -1.93. The molecule has 0 aliphatic rings. The fourth-order valence-electron chi connectivity index (χ4n) is 0.635. The van der Waals surface area contributed by atoms with Crippen molar-refractivity contribution in [2.75, 3.05) is 0 Å². The second-order valence-corrected chi connectivity index (χ2v) is 10.9. The number of carbonyl (C=O) groups excluding carboxylic acids is 1. The van der Waals surface area contributed by atoms with Gasteiger partial charge in [-0.05, 0) is 24.6 Å². The van der Waals surface area contributed by atoms with Crippen LogP contribution in [-0.2, 0) is 9.22 Å². The van der Waals surface area contributed by atoms with Gasteiger partial charge in [0.05, 0.1) is 0 Å². The van der Waals surface area contributed by atoms with Crippen LogP contribution in [0, 0.1) is 0 Å². The van der Waals surface area contributed by atoms with Crippen LogP contribution in [0.25, 0.3) is 0 Å². The molecule has 0 aliphatic heterocycles. The topological polar surface area (TPSA) is 26.3 Å². The van der Waals surface area contributed by atoms with Crippen molar-refractivity contribution in [2.45, 2.75) is 57.1 Å². The van der Waals surface area contributed by atoms with Crippen LogP contribution in [0.3, 0.4) is 0 Å². The maximum Gasteiger partial charge on any atom is 0.306 e. The summed E-state index contributed by atoms with van der Waals surface area (Å²) in [5, 5.41) is 0.0864. The van der Waals surface area contributed by atoms with Crippen LogP contribution in [0.2, 0.25) is 18.1 Å². The number of rotatable bonds is 3. The van der Waals surface area contributed by atoms with Crippen molar-refractivity contribution < 1.29 is 9.22 Å². The van der Waals surface area contributed by atoms with E-state index in [9.17, 15) is 4.79 Å². The van der Waals surface area contributed by atoms with Gasteiger partial charge in [0.1, 0.15) is 4.83 Å². The first-order valence-electron chi connectivity index (χ1n) is 4.98. The minimum absolute atomic E-state index is 0.0864. The lowest BCUT2D eigenvalue weighted by atomic mass is 10.2. The van der Waals surface area contributed by atoms with Gasteiger partial charge in [-0.25, -0.2) is 0 Å². The van der Waals surface area contributed by atoms with E-state index in [1.807, 2.05) is 6.92 Å². The maximum atomic E-state index is 11.6. The van der Waals surface area contributed by atoms with Gasteiger partial charge in [0.15, 0.2) is 0 Å². The third-order valence-electron chi connectivity index (χ3n) is 2.78. The van der Waals surface area contributed by atoms with Crippen LogP contribution in [-0.4, -0.2) is 19.1 Å². The van der Waals surface area contributed by atoms with Crippen molar-refractivity contribution in [3.05, 3.63) is 0 Å². The molecule has 0 radical (unpaired) electrons. The zero-order valence-corrected chi connectivity index (χ0v) is 12.6. The SMILES string of the molecule is CCC(Br)C(=O)O[Si](C)(C)C(C)(C)C. The first kappa shape index (κ1) is 14.2. The molecule has 1 unspecified atom stereocenters. The highest BCUT2D eigenvalue weighted by Gasteiger charge is 2.41. The molecular formula is C10H21BrO2Si. The largest absolute Gasteiger partial charge is 0.518 e. The van der Waals surface area contributed by atoms with Crippen molar-refractivity contribution in [3.63, 3.8) is 0 Å². The van der Waals surface area contributed by atoms with Crippen molar-refractivity contribution in [2.24, 2.45) is 0 Å². The van der Waals surface area contributed by atoms with Gasteiger partial charge < -0.3 is 4.43 Å². The molecule has 0 spiro atoms. The average Bonchev–Trinajstić information content (AvgIpc) is 2.00. The smallest absolute Gasteiger partial charge is 0.306 e. The Hall–Kier alpha value is 0.167. The molecule has 84 valence electrons. The number of alkyl halides is 1. The predicted molar refractivity (Wildman–Crippen MR) is 66.3 cm³/mol. The van der Waals surface area contributed by atoms with Crippen molar-refractivity contribution >= 4 is 30.2 Å². The second-order valence-electron chi connectivity index (χ2n) is 5.06. The first-order valence-corrected chi connectivity index (χ1v) is 8.81. The van der Waals surface area contributed by atoms with Gasteiger partial charge in [-0.3, -0.25) is 4.79 Å². The summed E-state index contributed by atoms with van der Waals surface area (Å²) in [7, 11) is -1.93. The fraction of sp³-hybridized carbons (Fsp3) is 0.900. The third kappa shape index (κ3) is 3.73. The van der Waals surface area contributed by atoms with E-state index in [1.54, 1.807) is 0 Å². The van der Waals surface area contributed by atoms with Gasteiger partial charge >= 0.3 is 5.97 Å². The first-order chi connectivity index (χ1) is 6.12. The van der Waals surface area contributed by atoms with E-state index in [4.69, 9.17) is 4.43 Å². The van der Waals surface area contributed by atoms with Crippen LogP contribution < -0.4 is 0 Å². The van der Waals surface area contributed by atoms with E-state index >= 15 is 0 Å². The lowest BCUT2D eigenvalue weighted by Gasteiger charge is -2.35. The average molecular weight is 281 g/mol. The lowest BCUT2D eigenvalue weighted by molar-refractivity contribution is -0.134. The quantitative estimate of drug-likeness (QED) is 0.582. The van der Waals surface area contributed by atoms with E-state index in [-0.39, 0.29) is 15.8 Å². The predicted octanol–water partition coefficient (Wildman–Crippen LogP) is 3.71. The Labute approximate surface area is 96.7 Å². The maximum absolute atomic E-state index is 11.6. The van der Waals surface area contributed by atoms with Crippen LogP contribution in [0.5, 0.6) is 0 Å². The molecule has 14 heavy (non-hydrogen) atoms. The lowest BCUT2D eigenvalue weighted by Crippen LogP contribution is -2.44. The van der Waals surface area contributed by atoms with Gasteiger partial charge in [-0.1, -0.05) is 43.6 Å². The Balaban J connectivity index is 4.45. The molecule has 2 nitrogen and oxygen atoms in total. The molecule has 0 aromatic rings. The molecule has 1 atom stereocenters. The van der Waals surface area contributed by atoms with Gasteiger partial charge in [0, 0.05) is 0 Å². The molecule has 0 bridgehead atoms. The van der Waals surface area contributed by atoms with Gasteiger partial charge in [0.25, 0.3) is 8.32 Å². The van der Waals surface area contributed by atoms with Gasteiger partial charge in [-0.2, -0.15) is 0 Å². The number of carbonyl (C=O) groups is 1. The number of hydrogen-bond acceptors (Lipinski definition) is 2. The molecule has 4 heteroatoms. The Morgan fingerprint density at radius 2 is 1.86 bits per heavy atom. The highest BCUT2D eigenvalue weighted by molar-refractivity contribution is 9.10. The van der Waals surface area contributed by atoms with E-state index in [0.29, 0.717) is 0 Å². The van der Waals surface area contributed by atoms with Gasteiger partial charge in [-0.15, -0.1) is 0 Å². The molecule has 0 aromatic carbocycles. The summed E-state index contributed by atoms with van der Waals surface area (Å²) in [5.41, 5.74) is 0. The molecule has 0 rings (SSSR count). The summed E-state index contributed by atoms with van der Waals surface area (Å²) in [4.78, 5) is 11.4. The molecule has 0 fully saturated rings. The Morgan fingerprint density at radius 1 is 1.43 bits per heavy atom. The molecular weight excluding hydrogens is 260 g/mol. The molecule has 0 saturated carbocycles. The fourth-order valence-corrected chi connectivity index (χ4v) is 1.85. The molecule has 0 saturated heterocycles. The normalized spacial score (nSPS) is 15.1. The van der Waals surface area contributed by atoms with Crippen LogP contribution in [0.4, 0.5) is 0 Å². The van der Waals surface area contributed by atoms with E-state index in [2.05, 4.69) is 49.8 Å². The summed E-state index contributed by atoms with van der Waals surface area (Å²) in [6.07, 6.45) is 0.771. The zero-order valence-electron chi connectivity index (χ0n) is 9.98. The van der Waals surface area contributed by atoms with Crippen LogP contribution >= 0.6 is 15.9 Å². The van der Waals surface area contributed by atoms with Crippen molar-refractivity contribution in [1.82, 2.24) is 0 Å². The Morgan fingerprint density at radius 3 is 2.14 bits per heavy atom. The molecule has 0 amide bonds. The van der Waals surface area contributed by atoms with E-state index in [0.717, 1.165) is 6.42 Å². The van der Waals surface area contributed by atoms with E-state index in [1.165, 1.54) is 0 Å². The summed E-state index contributed by atoms with van der Waals surface area (Å²) in [6, 6.07) is 0. The number of hydrogen-bond donors (Lipinski definition) is 0. The molecule has 0 N–H and O–H groups in total. The highest BCUT2D eigenvalue weighted by Crippen LogP contribution is 2.37. The Bertz CT molecular complexity index is 209. The summed E-state index contributed by atoms with van der Waals surface area (Å²) in [6.45, 7) is 12.5. The summed E-state index contributed by atoms with van der Waals surface area (Å²) < 4.78 is 5.61. The molecule has 0 heterocycles. The van der Waals surface area contributed by atoms with Gasteiger partial charge in [0.2, 0.25) is 0 Å². The van der Waals surface area contributed by atoms with Crippen molar-refractivity contribution in [3.8, 4) is 0 Å². The Kier molecular flexibility index (Phi) is 4.85. The van der Waals surface area contributed by atoms with Crippen molar-refractivity contribution in [1.29, 1.82) is 0 Å².